The largest absolute Gasteiger partial charge is 0.510 e. The number of pyridine rings is 1. The summed E-state index contributed by atoms with van der Waals surface area (Å²) in [4.78, 5) is 68.4. The van der Waals surface area contributed by atoms with E-state index >= 15 is 0 Å². The number of aromatic nitrogens is 1. The summed E-state index contributed by atoms with van der Waals surface area (Å²) in [5.41, 5.74) is 3.32. The number of phenolic OH excluding ortho intramolecular Hbond substituents is 1. The Kier molecular flexibility index (Phi) is 5.56. The van der Waals surface area contributed by atoms with E-state index < -0.39 is 76.6 Å². The van der Waals surface area contributed by atoms with Crippen LogP contribution in [0.2, 0.25) is 5.02 Å². The van der Waals surface area contributed by atoms with E-state index in [-0.39, 0.29) is 51.4 Å². The first kappa shape index (κ1) is 26.7. The molecule has 0 amide bonds. The van der Waals surface area contributed by atoms with Crippen LogP contribution in [0.4, 0.5) is 0 Å². The molecule has 42 heavy (non-hydrogen) atoms. The predicted octanol–water partition coefficient (Wildman–Crippen LogP) is -2.23. The van der Waals surface area contributed by atoms with Gasteiger partial charge in [0, 0.05) is 17.0 Å². The van der Waals surface area contributed by atoms with E-state index in [1.165, 1.54) is 6.07 Å². The molecule has 0 bridgehead atoms. The molecular formula is C27H18ClN5O9. The van der Waals surface area contributed by atoms with Crippen LogP contribution in [0.15, 0.2) is 46.3 Å². The van der Waals surface area contributed by atoms with Crippen molar-refractivity contribution in [2.45, 2.75) is 18.3 Å². The van der Waals surface area contributed by atoms with Gasteiger partial charge in [0.2, 0.25) is 22.2 Å². The fraction of sp³-hybridized carbons (Fsp3) is 0.148. The number of nitrogens with zero attached hydrogens (tertiary/aromatic N) is 2. The molecule has 15 heteroatoms. The summed E-state index contributed by atoms with van der Waals surface area (Å²) >= 11 is 6.70. The molecular weight excluding hydrogens is 574 g/mol. The van der Waals surface area contributed by atoms with Crippen molar-refractivity contribution in [3.63, 3.8) is 0 Å². The third kappa shape index (κ3) is 3.17. The van der Waals surface area contributed by atoms with Crippen molar-refractivity contribution in [2.75, 3.05) is 7.11 Å². The molecule has 1 aromatic heterocycles. The quantitative estimate of drug-likeness (QED) is 0.0845. The third-order valence-electron chi connectivity index (χ3n) is 7.75. The molecule has 2 aromatic rings. The van der Waals surface area contributed by atoms with Gasteiger partial charge in [-0.25, -0.2) is 0 Å². The van der Waals surface area contributed by atoms with Crippen molar-refractivity contribution in [3.8, 4) is 11.5 Å². The van der Waals surface area contributed by atoms with Gasteiger partial charge in [-0.3, -0.25) is 24.0 Å². The molecule has 0 fully saturated rings. The molecule has 0 aliphatic heterocycles. The number of nitrogens with one attached hydrogen (secondary N) is 1. The van der Waals surface area contributed by atoms with E-state index in [1.54, 1.807) is 0 Å². The number of ether oxygens (including phenoxy) is 1. The number of aliphatic hydroxyl groups is 2. The number of phenols is 1. The molecule has 4 aliphatic carbocycles. The number of fused-ring (bicyclic) bond motifs is 4. The van der Waals surface area contributed by atoms with Gasteiger partial charge in [0.1, 0.15) is 22.7 Å². The maximum absolute atomic E-state index is 13.6. The number of benzene rings is 1. The monoisotopic (exact) mass is 591 g/mol. The van der Waals surface area contributed by atoms with Crippen LogP contribution in [0.25, 0.3) is 22.3 Å². The van der Waals surface area contributed by atoms with Gasteiger partial charge in [0.05, 0.1) is 50.3 Å². The van der Waals surface area contributed by atoms with Crippen LogP contribution >= 0.6 is 11.6 Å². The van der Waals surface area contributed by atoms with Gasteiger partial charge in [-0.1, -0.05) is 11.6 Å². The second-order valence-electron chi connectivity index (χ2n) is 9.79. The summed E-state index contributed by atoms with van der Waals surface area (Å²) in [5.74, 6) is -3.15. The summed E-state index contributed by atoms with van der Waals surface area (Å²) in [6.45, 7) is 0. The van der Waals surface area contributed by atoms with Crippen molar-refractivity contribution >= 4 is 46.1 Å². The number of aliphatic hydroxyl groups excluding tert-OH is 2. The maximum atomic E-state index is 13.6. The number of hydrogen-bond donors (Lipinski definition) is 6. The molecule has 0 saturated carbocycles. The minimum Gasteiger partial charge on any atom is -0.510 e. The Labute approximate surface area is 235 Å². The molecule has 0 unspecified atom stereocenters. The molecule has 0 saturated heterocycles. The van der Waals surface area contributed by atoms with Crippen LogP contribution in [-0.4, -0.2) is 39.6 Å². The smallest absolute Gasteiger partial charge is 0.260 e. The van der Waals surface area contributed by atoms with Gasteiger partial charge >= 0.3 is 0 Å². The van der Waals surface area contributed by atoms with Crippen LogP contribution in [0.5, 0.6) is 11.5 Å². The van der Waals surface area contributed by atoms with Gasteiger partial charge in [0.25, 0.3) is 5.56 Å². The van der Waals surface area contributed by atoms with Crippen LogP contribution in [0.1, 0.15) is 23.2 Å². The Morgan fingerprint density at radius 1 is 1.00 bits per heavy atom. The fourth-order valence-corrected chi connectivity index (χ4v) is 6.38. The van der Waals surface area contributed by atoms with Crippen LogP contribution < -0.4 is 53.9 Å². The first-order valence-electron chi connectivity index (χ1n) is 12.2. The second kappa shape index (κ2) is 8.75. The SMILES string of the molecule is COc1cc(=O)c2c(=O)c3c(c(=O)c=2c1=O)=C(O)[C@]1(CCc2c1c(O)c1c(=O)[nH]c(C=NN=C(N)N)cc1c2Cl)C=3O. The summed E-state index contributed by atoms with van der Waals surface area (Å²) in [6, 6.07) is 2.15. The molecule has 0 radical (unpaired) electrons. The lowest BCUT2D eigenvalue weighted by atomic mass is 9.78. The molecule has 14 nitrogen and oxygen atoms in total. The molecule has 6 rings (SSSR count). The Morgan fingerprint density at radius 3 is 2.26 bits per heavy atom. The van der Waals surface area contributed by atoms with E-state index in [1.807, 2.05) is 0 Å². The van der Waals surface area contributed by atoms with Crippen molar-refractivity contribution in [1.29, 1.82) is 0 Å². The third-order valence-corrected chi connectivity index (χ3v) is 8.18. The van der Waals surface area contributed by atoms with Crippen LogP contribution in [0, 0.1) is 10.4 Å². The van der Waals surface area contributed by atoms with Crippen molar-refractivity contribution < 1.29 is 20.1 Å². The van der Waals surface area contributed by atoms with E-state index in [4.69, 9.17) is 27.8 Å². The lowest BCUT2D eigenvalue weighted by molar-refractivity contribution is 0.362. The summed E-state index contributed by atoms with van der Waals surface area (Å²) < 4.78 is 4.87. The number of rotatable bonds is 3. The second-order valence-corrected chi connectivity index (χ2v) is 10.2. The summed E-state index contributed by atoms with van der Waals surface area (Å²) in [6.07, 6.45) is 0.955. The number of halogens is 1. The molecule has 1 spiro atoms. The van der Waals surface area contributed by atoms with E-state index in [2.05, 4.69) is 15.2 Å². The highest BCUT2D eigenvalue weighted by Crippen LogP contribution is 2.56. The number of aromatic hydroxyl groups is 1. The maximum Gasteiger partial charge on any atom is 0.260 e. The average Bonchev–Trinajstić information content (AvgIpc) is 3.44. The lowest BCUT2D eigenvalue weighted by Crippen LogP contribution is -2.51. The highest BCUT2D eigenvalue weighted by Gasteiger charge is 2.53. The Morgan fingerprint density at radius 2 is 1.64 bits per heavy atom. The fourth-order valence-electron chi connectivity index (χ4n) is 6.04. The molecule has 1 heterocycles. The molecule has 8 N–H and O–H groups in total. The van der Waals surface area contributed by atoms with E-state index in [0.29, 0.717) is 0 Å². The Balaban J connectivity index is 1.75. The zero-order chi connectivity index (χ0) is 30.4. The highest BCUT2D eigenvalue weighted by molar-refractivity contribution is 6.37. The van der Waals surface area contributed by atoms with Gasteiger partial charge in [0.15, 0.2) is 11.2 Å². The van der Waals surface area contributed by atoms with Gasteiger partial charge in [-0.05, 0) is 24.5 Å². The molecule has 1 atom stereocenters. The number of methoxy groups -OCH3 is 1. The first-order chi connectivity index (χ1) is 19.9. The van der Waals surface area contributed by atoms with E-state index in [9.17, 15) is 39.3 Å². The average molecular weight is 592 g/mol. The zero-order valence-corrected chi connectivity index (χ0v) is 22.1. The van der Waals surface area contributed by atoms with Crippen LogP contribution in [-0.2, 0) is 11.8 Å². The minimum absolute atomic E-state index is 0.0132. The number of hydrogen-bond acceptors (Lipinski definition) is 11. The van der Waals surface area contributed by atoms with Crippen molar-refractivity contribution in [2.24, 2.45) is 21.7 Å². The number of H-pyrrole nitrogens is 1. The van der Waals surface area contributed by atoms with Crippen molar-refractivity contribution in [1.82, 2.24) is 4.98 Å². The predicted molar refractivity (Wildman–Crippen MR) is 152 cm³/mol. The topological polar surface area (TPSA) is 248 Å². The Bertz CT molecular complexity index is 2480. The van der Waals surface area contributed by atoms with Crippen molar-refractivity contribution in [3.05, 3.63) is 106 Å². The zero-order valence-electron chi connectivity index (χ0n) is 21.4. The van der Waals surface area contributed by atoms with Gasteiger partial charge in [-0.15, -0.1) is 5.10 Å². The summed E-state index contributed by atoms with van der Waals surface area (Å²) in [5, 5.41) is 38.4. The number of guanidine groups is 1. The minimum atomic E-state index is -2.08. The van der Waals surface area contributed by atoms with Crippen LogP contribution in [0.3, 0.4) is 0 Å². The number of nitrogens with two attached hydrogens (primary N) is 2. The number of aromatic amines is 1. The molecule has 1 aromatic carbocycles. The highest BCUT2D eigenvalue weighted by atomic mass is 35.5. The van der Waals surface area contributed by atoms with Gasteiger partial charge in [-0.2, -0.15) is 5.10 Å². The van der Waals surface area contributed by atoms with E-state index in [0.717, 1.165) is 19.4 Å². The lowest BCUT2D eigenvalue weighted by Gasteiger charge is -2.27. The first-order valence-corrected chi connectivity index (χ1v) is 12.5. The normalized spacial score (nSPS) is 17.5. The Hall–Kier alpha value is -5.50. The summed E-state index contributed by atoms with van der Waals surface area (Å²) in [7, 11) is 1.10. The van der Waals surface area contributed by atoms with Gasteiger partial charge < -0.3 is 36.5 Å². The molecule has 4 aliphatic rings. The molecule has 212 valence electrons. The standard InChI is InChI=1S/C27H18ClN5O9/c1-42-11-5-10(34)13-14(19(11)35)21(37)16-15(20(13)36)23(39)27(24(16)40)3-2-8-17(27)22(38)12-9(18(8)28)4-7(32-25(12)41)6-31-33-26(29)30/h4-6,38-40H,2-3H2,1H3,(H,32,41)(H4,29,30,33)/t27-/m0/s1.